The lowest BCUT2D eigenvalue weighted by Gasteiger charge is -2.12. The van der Waals surface area contributed by atoms with Crippen LogP contribution in [0.3, 0.4) is 0 Å². The van der Waals surface area contributed by atoms with E-state index in [1.807, 2.05) is 0 Å². The van der Waals surface area contributed by atoms with Gasteiger partial charge < -0.3 is 19.9 Å². The highest BCUT2D eigenvalue weighted by Gasteiger charge is 2.27. The molecule has 20 heavy (non-hydrogen) atoms. The molecule has 0 aliphatic carbocycles. The molecule has 0 amide bonds. The summed E-state index contributed by atoms with van der Waals surface area (Å²) in [5, 5.41) is 11.1. The third kappa shape index (κ3) is 2.80. The van der Waals surface area contributed by atoms with Crippen LogP contribution in [-0.2, 0) is 9.53 Å². The Morgan fingerprint density at radius 3 is 2.75 bits per heavy atom. The largest absolute Gasteiger partial charge is 0.466 e. The van der Waals surface area contributed by atoms with Gasteiger partial charge in [0.1, 0.15) is 0 Å². The van der Waals surface area contributed by atoms with E-state index >= 15 is 0 Å². The van der Waals surface area contributed by atoms with E-state index in [1.54, 1.807) is 6.92 Å². The van der Waals surface area contributed by atoms with Crippen LogP contribution in [0.4, 0.5) is 5.69 Å². The fourth-order valence-corrected chi connectivity index (χ4v) is 1.91. The second-order valence-corrected chi connectivity index (χ2v) is 4.14. The molecular weight excluding hydrogens is 268 g/mol. The third-order valence-electron chi connectivity index (χ3n) is 2.81. The van der Waals surface area contributed by atoms with Crippen LogP contribution in [0, 0.1) is 10.1 Å². The number of rotatable bonds is 5. The highest BCUT2D eigenvalue weighted by molar-refractivity contribution is 5.71. The van der Waals surface area contributed by atoms with Crippen LogP contribution < -0.4 is 15.2 Å². The van der Waals surface area contributed by atoms with Gasteiger partial charge in [-0.25, -0.2) is 0 Å². The summed E-state index contributed by atoms with van der Waals surface area (Å²) >= 11 is 0. The summed E-state index contributed by atoms with van der Waals surface area (Å²) in [6.07, 6.45) is -0.145. The van der Waals surface area contributed by atoms with Gasteiger partial charge in [0.05, 0.1) is 29.6 Å². The third-order valence-corrected chi connectivity index (χ3v) is 2.81. The topological polar surface area (TPSA) is 114 Å². The summed E-state index contributed by atoms with van der Waals surface area (Å²) in [6.45, 7) is 1.91. The van der Waals surface area contributed by atoms with Crippen LogP contribution in [0.1, 0.15) is 24.9 Å². The zero-order valence-electron chi connectivity index (χ0n) is 10.8. The van der Waals surface area contributed by atoms with Crippen molar-refractivity contribution in [3.8, 4) is 11.5 Å². The quantitative estimate of drug-likeness (QED) is 0.491. The van der Waals surface area contributed by atoms with Gasteiger partial charge >= 0.3 is 5.97 Å². The Labute approximate surface area is 114 Å². The molecule has 1 aliphatic heterocycles. The molecule has 1 unspecified atom stereocenters. The number of nitro benzene ring substituents is 1. The first kappa shape index (κ1) is 14.1. The van der Waals surface area contributed by atoms with Crippen molar-refractivity contribution in [3.63, 3.8) is 0 Å². The summed E-state index contributed by atoms with van der Waals surface area (Å²) in [5.74, 6) is 0.167. The highest BCUT2D eigenvalue weighted by Crippen LogP contribution is 2.40. The van der Waals surface area contributed by atoms with E-state index in [0.717, 1.165) is 0 Å². The monoisotopic (exact) mass is 282 g/mol. The highest BCUT2D eigenvalue weighted by atomic mass is 16.7. The van der Waals surface area contributed by atoms with Gasteiger partial charge in [0.2, 0.25) is 6.79 Å². The summed E-state index contributed by atoms with van der Waals surface area (Å²) in [4.78, 5) is 21.9. The smallest absolute Gasteiger partial charge is 0.307 e. The molecule has 1 heterocycles. The predicted octanol–water partition coefficient (Wildman–Crippen LogP) is 1.28. The van der Waals surface area contributed by atoms with Crippen LogP contribution in [0.5, 0.6) is 11.5 Å². The number of ether oxygens (including phenoxy) is 3. The fraction of sp³-hybridized carbons (Fsp3) is 0.417. The molecule has 8 nitrogen and oxygen atoms in total. The van der Waals surface area contributed by atoms with E-state index in [1.165, 1.54) is 12.1 Å². The van der Waals surface area contributed by atoms with Gasteiger partial charge in [-0.2, -0.15) is 0 Å². The zero-order valence-corrected chi connectivity index (χ0v) is 10.8. The van der Waals surface area contributed by atoms with Gasteiger partial charge in [-0.05, 0) is 13.0 Å². The molecule has 1 aromatic carbocycles. The second-order valence-electron chi connectivity index (χ2n) is 4.14. The van der Waals surface area contributed by atoms with E-state index in [4.69, 9.17) is 19.9 Å². The number of esters is 1. The van der Waals surface area contributed by atoms with Crippen LogP contribution in [0.15, 0.2) is 12.1 Å². The SMILES string of the molecule is CCOC(=O)CC(N)c1cc2c(cc1[N+](=O)[O-])OCO2. The lowest BCUT2D eigenvalue weighted by Crippen LogP contribution is -2.18. The molecule has 0 aromatic heterocycles. The van der Waals surface area contributed by atoms with Gasteiger partial charge in [-0.1, -0.05) is 0 Å². The summed E-state index contributed by atoms with van der Waals surface area (Å²) in [6, 6.07) is 1.84. The Bertz CT molecular complexity index is 545. The lowest BCUT2D eigenvalue weighted by molar-refractivity contribution is -0.385. The number of nitro groups is 1. The first-order chi connectivity index (χ1) is 9.52. The minimum atomic E-state index is -0.844. The Balaban J connectivity index is 2.29. The zero-order chi connectivity index (χ0) is 14.7. The molecule has 0 saturated heterocycles. The standard InChI is InChI=1S/C12H14N2O6/c1-2-18-12(15)4-8(13)7-3-10-11(20-6-19-10)5-9(7)14(16)17/h3,5,8H,2,4,6,13H2,1H3. The van der Waals surface area contributed by atoms with Gasteiger partial charge in [-0.15, -0.1) is 0 Å². The number of carbonyl (C=O) groups is 1. The summed E-state index contributed by atoms with van der Waals surface area (Å²) in [5.41, 5.74) is 5.87. The number of carbonyl (C=O) groups excluding carboxylic acids is 1. The van der Waals surface area contributed by atoms with Gasteiger partial charge in [0, 0.05) is 6.04 Å². The molecule has 0 spiro atoms. The number of hydrogen-bond donors (Lipinski definition) is 1. The van der Waals surface area contributed by atoms with E-state index in [9.17, 15) is 14.9 Å². The fourth-order valence-electron chi connectivity index (χ4n) is 1.91. The maximum Gasteiger partial charge on any atom is 0.307 e. The second kappa shape index (κ2) is 5.74. The lowest BCUT2D eigenvalue weighted by atomic mass is 10.0. The van der Waals surface area contributed by atoms with Crippen molar-refractivity contribution in [1.29, 1.82) is 0 Å². The van der Waals surface area contributed by atoms with E-state index < -0.39 is 16.9 Å². The minimum absolute atomic E-state index is 0.00303. The molecule has 108 valence electrons. The molecule has 0 radical (unpaired) electrons. The average molecular weight is 282 g/mol. The number of nitrogens with two attached hydrogens (primary N) is 1. The number of benzene rings is 1. The van der Waals surface area contributed by atoms with E-state index in [-0.39, 0.29) is 31.1 Å². The van der Waals surface area contributed by atoms with Gasteiger partial charge in [-0.3, -0.25) is 14.9 Å². The molecule has 0 saturated carbocycles. The van der Waals surface area contributed by atoms with Crippen molar-refractivity contribution in [1.82, 2.24) is 0 Å². The first-order valence-electron chi connectivity index (χ1n) is 6.02. The number of nitrogens with zero attached hydrogens (tertiary/aromatic N) is 1. The minimum Gasteiger partial charge on any atom is -0.466 e. The molecule has 1 aromatic rings. The first-order valence-corrected chi connectivity index (χ1v) is 6.02. The van der Waals surface area contributed by atoms with Gasteiger partial charge in [0.25, 0.3) is 5.69 Å². The molecule has 0 bridgehead atoms. The molecule has 1 aliphatic rings. The number of fused-ring (bicyclic) bond motifs is 1. The van der Waals surface area contributed by atoms with E-state index in [0.29, 0.717) is 11.5 Å². The predicted molar refractivity (Wildman–Crippen MR) is 67.4 cm³/mol. The summed E-state index contributed by atoms with van der Waals surface area (Å²) in [7, 11) is 0. The molecule has 1 atom stereocenters. The summed E-state index contributed by atoms with van der Waals surface area (Å²) < 4.78 is 15.0. The van der Waals surface area contributed by atoms with Crippen LogP contribution in [0.2, 0.25) is 0 Å². The molecule has 8 heteroatoms. The van der Waals surface area contributed by atoms with Crippen molar-refractivity contribution in [2.75, 3.05) is 13.4 Å². The Kier molecular flexibility index (Phi) is 4.04. The Morgan fingerprint density at radius 2 is 2.15 bits per heavy atom. The molecule has 0 fully saturated rings. The number of hydrogen-bond acceptors (Lipinski definition) is 7. The molecule has 2 rings (SSSR count). The maximum atomic E-state index is 11.4. The maximum absolute atomic E-state index is 11.4. The van der Waals surface area contributed by atoms with Crippen LogP contribution in [-0.4, -0.2) is 24.3 Å². The van der Waals surface area contributed by atoms with Crippen molar-refractivity contribution in [2.45, 2.75) is 19.4 Å². The normalized spacial score (nSPS) is 13.9. The van der Waals surface area contributed by atoms with E-state index in [2.05, 4.69) is 0 Å². The Morgan fingerprint density at radius 1 is 1.50 bits per heavy atom. The van der Waals surface area contributed by atoms with Crippen molar-refractivity contribution in [2.24, 2.45) is 5.73 Å². The van der Waals surface area contributed by atoms with Gasteiger partial charge in [0.15, 0.2) is 11.5 Å². The van der Waals surface area contributed by atoms with Crippen molar-refractivity contribution in [3.05, 3.63) is 27.8 Å². The van der Waals surface area contributed by atoms with Crippen molar-refractivity contribution < 1.29 is 23.9 Å². The Hall–Kier alpha value is -2.35. The van der Waals surface area contributed by atoms with Crippen molar-refractivity contribution >= 4 is 11.7 Å². The van der Waals surface area contributed by atoms with Crippen LogP contribution in [0.25, 0.3) is 0 Å². The van der Waals surface area contributed by atoms with Crippen LogP contribution >= 0.6 is 0 Å². The molecular formula is C12H14N2O6. The molecule has 2 N–H and O–H groups in total. The average Bonchev–Trinajstić information content (AvgIpc) is 2.84.